The Balaban J connectivity index is 0.888. The van der Waals surface area contributed by atoms with E-state index in [1.165, 1.54) is 0 Å². The number of anilines is 12. The molecule has 1 heterocycles. The number of hydrogen-bond donors (Lipinski definition) is 0. The molecule has 0 aliphatic heterocycles. The SMILES string of the molecule is c1ccc(N(c2ccccc2)c2cccc(-c3ccc(N(c4ccccc4)c4cccc5c4oc4c(N(c6ccccc6)c6cccc(-c7cccc(N(c8ccccc8)c8ccccc8)c7)c6)cccc45)cc3)c2)cc1. The van der Waals surface area contributed by atoms with Crippen LogP contribution >= 0.6 is 0 Å². The zero-order chi connectivity index (χ0) is 51.3. The van der Waals surface area contributed by atoms with Gasteiger partial charge in [0.05, 0.1) is 11.4 Å². The average molecular weight is 989 g/mol. The third-order valence-electron chi connectivity index (χ3n) is 14.2. The molecule has 0 N–H and O–H groups in total. The molecule has 13 rings (SSSR count). The summed E-state index contributed by atoms with van der Waals surface area (Å²) in [7, 11) is 0. The lowest BCUT2D eigenvalue weighted by Gasteiger charge is -2.27. The summed E-state index contributed by atoms with van der Waals surface area (Å²) in [5, 5.41) is 2.07. The van der Waals surface area contributed by atoms with Crippen molar-refractivity contribution in [2.24, 2.45) is 0 Å². The van der Waals surface area contributed by atoms with Crippen LogP contribution in [0.4, 0.5) is 68.2 Å². The molecular formula is C72H52N4O. The molecule has 0 saturated carbocycles. The van der Waals surface area contributed by atoms with Gasteiger partial charge in [0.2, 0.25) is 0 Å². The van der Waals surface area contributed by atoms with Crippen LogP contribution in [0.5, 0.6) is 0 Å². The molecule has 0 unspecified atom stereocenters. The van der Waals surface area contributed by atoms with Crippen LogP contribution in [0, 0.1) is 0 Å². The molecule has 0 fully saturated rings. The molecule has 0 saturated heterocycles. The van der Waals surface area contributed by atoms with Crippen molar-refractivity contribution < 1.29 is 4.42 Å². The third-order valence-corrected chi connectivity index (χ3v) is 14.2. The minimum Gasteiger partial charge on any atom is -0.452 e. The molecule has 0 bridgehead atoms. The number of benzene rings is 12. The fourth-order valence-corrected chi connectivity index (χ4v) is 10.6. The Kier molecular flexibility index (Phi) is 12.6. The lowest BCUT2D eigenvalue weighted by atomic mass is 10.0. The molecule has 12 aromatic carbocycles. The minimum absolute atomic E-state index is 0.802. The second kappa shape index (κ2) is 20.9. The van der Waals surface area contributed by atoms with Crippen LogP contribution in [0.1, 0.15) is 0 Å². The van der Waals surface area contributed by atoms with E-state index < -0.39 is 0 Å². The lowest BCUT2D eigenvalue weighted by Crippen LogP contribution is -2.10. The van der Waals surface area contributed by atoms with E-state index in [2.05, 4.69) is 335 Å². The Labute approximate surface area is 449 Å². The standard InChI is InChI=1S/C72H52N4O/c1-7-27-57(28-8-1)73(58-29-9-2-10-30-58)64-39-19-24-54(50-64)53-46-48-63(49-47-53)75(61-35-15-5-16-36-61)69-44-22-42-67-68-43-23-45-70(72(68)77-71(67)69)76(62-37-17-6-18-38-62)66-41-21-26-56(52-66)55-25-20-40-65(51-55)74(59-31-11-3-12-32-59)60-33-13-4-14-34-60/h1-52H. The van der Waals surface area contributed by atoms with Crippen molar-refractivity contribution in [2.75, 3.05) is 19.6 Å². The molecule has 5 heteroatoms. The highest BCUT2D eigenvalue weighted by Crippen LogP contribution is 2.48. The van der Waals surface area contributed by atoms with Gasteiger partial charge < -0.3 is 24.0 Å². The number of nitrogens with zero attached hydrogens (tertiary/aromatic N) is 4. The predicted octanol–water partition coefficient (Wildman–Crippen LogP) is 20.8. The second-order valence-electron chi connectivity index (χ2n) is 19.0. The largest absolute Gasteiger partial charge is 0.452 e. The molecule has 0 atom stereocenters. The summed E-state index contributed by atoms with van der Waals surface area (Å²) in [5.74, 6) is 0. The quantitative estimate of drug-likeness (QED) is 0.108. The smallest absolute Gasteiger partial charge is 0.159 e. The molecule has 0 aliphatic carbocycles. The number of furan rings is 1. The average Bonchev–Trinajstić information content (AvgIpc) is 3.97. The summed E-state index contributed by atoms with van der Waals surface area (Å²) in [6.07, 6.45) is 0. The van der Waals surface area contributed by atoms with Crippen LogP contribution in [-0.4, -0.2) is 0 Å². The monoisotopic (exact) mass is 988 g/mol. The summed E-state index contributed by atoms with van der Waals surface area (Å²) in [6.45, 7) is 0. The third kappa shape index (κ3) is 9.24. The molecule has 0 aliphatic rings. The molecule has 0 radical (unpaired) electrons. The summed E-state index contributed by atoms with van der Waals surface area (Å²) in [5.41, 5.74) is 18.6. The second-order valence-corrected chi connectivity index (χ2v) is 19.0. The van der Waals surface area contributed by atoms with Crippen molar-refractivity contribution in [3.05, 3.63) is 315 Å². The highest BCUT2D eigenvalue weighted by Gasteiger charge is 2.24. The van der Waals surface area contributed by atoms with E-state index >= 15 is 0 Å². The van der Waals surface area contributed by atoms with Crippen molar-refractivity contribution in [2.45, 2.75) is 0 Å². The van der Waals surface area contributed by atoms with E-state index in [0.717, 1.165) is 112 Å². The zero-order valence-corrected chi connectivity index (χ0v) is 42.2. The van der Waals surface area contributed by atoms with Crippen molar-refractivity contribution in [3.8, 4) is 22.3 Å². The van der Waals surface area contributed by atoms with Gasteiger partial charge in [-0.25, -0.2) is 0 Å². The summed E-state index contributed by atoms with van der Waals surface area (Å²) in [6, 6.07) is 112. The van der Waals surface area contributed by atoms with E-state index in [-0.39, 0.29) is 0 Å². The Morgan fingerprint density at radius 3 is 0.792 bits per heavy atom. The molecule has 13 aromatic rings. The molecule has 1 aromatic heterocycles. The Bertz CT molecular complexity index is 4020. The van der Waals surface area contributed by atoms with Gasteiger partial charge in [-0.05, 0) is 156 Å². The minimum atomic E-state index is 0.802. The van der Waals surface area contributed by atoms with E-state index in [9.17, 15) is 0 Å². The highest BCUT2D eigenvalue weighted by molar-refractivity contribution is 6.14. The van der Waals surface area contributed by atoms with Gasteiger partial charge in [0.1, 0.15) is 0 Å². The molecule has 0 spiro atoms. The van der Waals surface area contributed by atoms with Gasteiger partial charge in [-0.15, -0.1) is 0 Å². The fourth-order valence-electron chi connectivity index (χ4n) is 10.6. The Morgan fingerprint density at radius 1 is 0.182 bits per heavy atom. The topological polar surface area (TPSA) is 26.1 Å². The number of rotatable bonds is 14. The summed E-state index contributed by atoms with van der Waals surface area (Å²) in [4.78, 5) is 9.23. The van der Waals surface area contributed by atoms with Crippen molar-refractivity contribution in [1.29, 1.82) is 0 Å². The first kappa shape index (κ1) is 46.4. The van der Waals surface area contributed by atoms with Crippen LogP contribution < -0.4 is 19.6 Å². The first-order chi connectivity index (χ1) is 38.2. The van der Waals surface area contributed by atoms with E-state index in [1.54, 1.807) is 0 Å². The van der Waals surface area contributed by atoms with E-state index in [1.807, 2.05) is 0 Å². The maximum Gasteiger partial charge on any atom is 0.159 e. The summed E-state index contributed by atoms with van der Waals surface area (Å²) < 4.78 is 7.31. The fraction of sp³-hybridized carbons (Fsp3) is 0. The number of hydrogen-bond acceptors (Lipinski definition) is 5. The van der Waals surface area contributed by atoms with Gasteiger partial charge in [0, 0.05) is 67.6 Å². The van der Waals surface area contributed by atoms with E-state index in [4.69, 9.17) is 4.42 Å². The van der Waals surface area contributed by atoms with Crippen LogP contribution in [0.2, 0.25) is 0 Å². The molecule has 366 valence electrons. The Morgan fingerprint density at radius 2 is 0.442 bits per heavy atom. The number of fused-ring (bicyclic) bond motifs is 3. The van der Waals surface area contributed by atoms with Gasteiger partial charge in [-0.1, -0.05) is 182 Å². The molecule has 0 amide bonds. The van der Waals surface area contributed by atoms with Crippen molar-refractivity contribution in [1.82, 2.24) is 0 Å². The van der Waals surface area contributed by atoms with Crippen LogP contribution in [0.15, 0.2) is 320 Å². The summed E-state index contributed by atoms with van der Waals surface area (Å²) >= 11 is 0. The first-order valence-electron chi connectivity index (χ1n) is 26.1. The van der Waals surface area contributed by atoms with Gasteiger partial charge in [-0.3, -0.25) is 0 Å². The number of para-hydroxylation sites is 8. The van der Waals surface area contributed by atoms with Crippen LogP contribution in [-0.2, 0) is 0 Å². The lowest BCUT2D eigenvalue weighted by molar-refractivity contribution is 0.669. The van der Waals surface area contributed by atoms with Gasteiger partial charge in [0.15, 0.2) is 11.2 Å². The molecule has 5 nitrogen and oxygen atoms in total. The maximum atomic E-state index is 7.31. The van der Waals surface area contributed by atoms with Gasteiger partial charge in [-0.2, -0.15) is 0 Å². The predicted molar refractivity (Wildman–Crippen MR) is 323 cm³/mol. The van der Waals surface area contributed by atoms with E-state index in [0.29, 0.717) is 0 Å². The van der Waals surface area contributed by atoms with Gasteiger partial charge >= 0.3 is 0 Å². The van der Waals surface area contributed by atoms with Crippen molar-refractivity contribution in [3.63, 3.8) is 0 Å². The van der Waals surface area contributed by atoms with Crippen LogP contribution in [0.3, 0.4) is 0 Å². The molecular weight excluding hydrogens is 937 g/mol. The first-order valence-corrected chi connectivity index (χ1v) is 26.1. The normalized spacial score (nSPS) is 11.1. The van der Waals surface area contributed by atoms with Gasteiger partial charge in [0.25, 0.3) is 0 Å². The molecule has 77 heavy (non-hydrogen) atoms. The Hall–Kier alpha value is -10.4. The highest BCUT2D eigenvalue weighted by atomic mass is 16.3. The van der Waals surface area contributed by atoms with Crippen molar-refractivity contribution >= 4 is 90.2 Å². The van der Waals surface area contributed by atoms with Crippen LogP contribution in [0.25, 0.3) is 44.2 Å². The zero-order valence-electron chi connectivity index (χ0n) is 42.2. The maximum absolute atomic E-state index is 7.31.